The molecule has 0 aromatic carbocycles. The van der Waals surface area contributed by atoms with Crippen LogP contribution in [0.3, 0.4) is 0 Å². The van der Waals surface area contributed by atoms with Crippen LogP contribution in [0.2, 0.25) is 0 Å². The second-order valence-corrected chi connectivity index (χ2v) is 6.10. The van der Waals surface area contributed by atoms with Crippen molar-refractivity contribution in [2.24, 2.45) is 11.1 Å². The molecule has 0 aliphatic carbocycles. The van der Waals surface area contributed by atoms with E-state index in [1.165, 1.54) is 0 Å². The van der Waals surface area contributed by atoms with Crippen molar-refractivity contribution < 1.29 is 9.53 Å². The van der Waals surface area contributed by atoms with Gasteiger partial charge in [-0.25, -0.2) is 0 Å². The molecule has 0 fully saturated rings. The SMILES string of the molecule is CCC(C)N(CCOC)C(=O)C(C)(C)C(C)(C)N. The van der Waals surface area contributed by atoms with E-state index < -0.39 is 11.0 Å². The number of nitrogens with zero attached hydrogens (tertiary/aromatic N) is 1. The fourth-order valence-corrected chi connectivity index (χ4v) is 1.57. The molecule has 0 aromatic heterocycles. The third-order valence-corrected chi connectivity index (χ3v) is 4.07. The molecule has 108 valence electrons. The molecule has 18 heavy (non-hydrogen) atoms. The van der Waals surface area contributed by atoms with Crippen LogP contribution in [0, 0.1) is 5.41 Å². The second-order valence-electron chi connectivity index (χ2n) is 6.10. The van der Waals surface area contributed by atoms with E-state index in [-0.39, 0.29) is 11.9 Å². The molecule has 0 bridgehead atoms. The lowest BCUT2D eigenvalue weighted by Crippen LogP contribution is -2.58. The molecule has 0 heterocycles. The molecule has 0 aromatic rings. The zero-order valence-corrected chi connectivity index (χ0v) is 13.0. The summed E-state index contributed by atoms with van der Waals surface area (Å²) in [5, 5.41) is 0. The maximum Gasteiger partial charge on any atom is 0.230 e. The summed E-state index contributed by atoms with van der Waals surface area (Å²) in [5.41, 5.74) is 5.00. The number of hydrogen-bond donors (Lipinski definition) is 1. The summed E-state index contributed by atoms with van der Waals surface area (Å²) in [5.74, 6) is 0.0985. The van der Waals surface area contributed by atoms with Crippen LogP contribution < -0.4 is 5.73 Å². The largest absolute Gasteiger partial charge is 0.383 e. The van der Waals surface area contributed by atoms with E-state index in [1.54, 1.807) is 7.11 Å². The molecule has 1 unspecified atom stereocenters. The molecular weight excluding hydrogens is 228 g/mol. The van der Waals surface area contributed by atoms with E-state index in [9.17, 15) is 4.79 Å². The van der Waals surface area contributed by atoms with Crippen molar-refractivity contribution in [1.29, 1.82) is 0 Å². The molecule has 0 radical (unpaired) electrons. The van der Waals surface area contributed by atoms with Crippen molar-refractivity contribution in [2.45, 2.75) is 59.5 Å². The quantitative estimate of drug-likeness (QED) is 0.760. The number of carbonyl (C=O) groups excluding carboxylic acids is 1. The van der Waals surface area contributed by atoms with Crippen LogP contribution >= 0.6 is 0 Å². The Kier molecular flexibility index (Phi) is 6.30. The van der Waals surface area contributed by atoms with Crippen LogP contribution in [0.15, 0.2) is 0 Å². The highest BCUT2D eigenvalue weighted by molar-refractivity contribution is 5.83. The van der Waals surface area contributed by atoms with Gasteiger partial charge in [0, 0.05) is 25.2 Å². The minimum absolute atomic E-state index is 0.0985. The van der Waals surface area contributed by atoms with Crippen LogP contribution in [-0.2, 0) is 9.53 Å². The minimum Gasteiger partial charge on any atom is -0.383 e. The van der Waals surface area contributed by atoms with Crippen molar-refractivity contribution in [3.8, 4) is 0 Å². The molecule has 4 heteroatoms. The maximum atomic E-state index is 12.7. The van der Waals surface area contributed by atoms with Gasteiger partial charge in [0.1, 0.15) is 0 Å². The summed E-state index contributed by atoms with van der Waals surface area (Å²) >= 11 is 0. The van der Waals surface area contributed by atoms with Gasteiger partial charge in [-0.15, -0.1) is 0 Å². The normalized spacial score (nSPS) is 14.4. The fourth-order valence-electron chi connectivity index (χ4n) is 1.57. The van der Waals surface area contributed by atoms with Crippen LogP contribution in [0.25, 0.3) is 0 Å². The zero-order valence-electron chi connectivity index (χ0n) is 13.0. The Bertz CT molecular complexity index is 269. The molecule has 1 atom stereocenters. The van der Waals surface area contributed by atoms with E-state index in [4.69, 9.17) is 10.5 Å². The molecule has 4 nitrogen and oxygen atoms in total. The lowest BCUT2D eigenvalue weighted by atomic mass is 9.74. The van der Waals surface area contributed by atoms with Gasteiger partial charge in [-0.1, -0.05) is 6.92 Å². The third kappa shape index (κ3) is 3.95. The Hall–Kier alpha value is -0.610. The van der Waals surface area contributed by atoms with Gasteiger partial charge < -0.3 is 15.4 Å². The molecule has 0 aliphatic heterocycles. The van der Waals surface area contributed by atoms with E-state index >= 15 is 0 Å². The van der Waals surface area contributed by atoms with Crippen LogP contribution in [0.4, 0.5) is 0 Å². The number of ether oxygens (including phenoxy) is 1. The standard InChI is InChI=1S/C14H30N2O2/c1-8-11(2)16(9-10-18-7)12(17)13(3,4)14(5,6)15/h11H,8-10,15H2,1-7H3. The first-order valence-corrected chi connectivity index (χ1v) is 6.68. The zero-order chi connectivity index (χ0) is 14.6. The van der Waals surface area contributed by atoms with Gasteiger partial charge >= 0.3 is 0 Å². The molecule has 0 saturated carbocycles. The van der Waals surface area contributed by atoms with Crippen molar-refractivity contribution in [3.63, 3.8) is 0 Å². The highest BCUT2D eigenvalue weighted by Crippen LogP contribution is 2.31. The Labute approximate surface area is 112 Å². The van der Waals surface area contributed by atoms with Crippen molar-refractivity contribution in [1.82, 2.24) is 4.90 Å². The van der Waals surface area contributed by atoms with Gasteiger partial charge in [0.15, 0.2) is 0 Å². The monoisotopic (exact) mass is 258 g/mol. The molecule has 0 saturated heterocycles. The van der Waals surface area contributed by atoms with Crippen molar-refractivity contribution >= 4 is 5.91 Å². The number of nitrogens with two attached hydrogens (primary N) is 1. The van der Waals surface area contributed by atoms with Gasteiger partial charge in [-0.2, -0.15) is 0 Å². The number of methoxy groups -OCH3 is 1. The Morgan fingerprint density at radius 2 is 1.83 bits per heavy atom. The van der Waals surface area contributed by atoms with E-state index in [0.717, 1.165) is 6.42 Å². The summed E-state index contributed by atoms with van der Waals surface area (Å²) in [6.45, 7) is 12.9. The lowest BCUT2D eigenvalue weighted by molar-refractivity contribution is -0.146. The summed E-state index contributed by atoms with van der Waals surface area (Å²) in [6, 6.07) is 0.203. The lowest BCUT2D eigenvalue weighted by Gasteiger charge is -2.42. The molecule has 0 aliphatic rings. The Morgan fingerprint density at radius 3 is 2.17 bits per heavy atom. The Morgan fingerprint density at radius 1 is 1.33 bits per heavy atom. The predicted octanol–water partition coefficient (Wildman–Crippen LogP) is 2.02. The van der Waals surface area contributed by atoms with Crippen molar-refractivity contribution in [3.05, 3.63) is 0 Å². The summed E-state index contributed by atoms with van der Waals surface area (Å²) < 4.78 is 5.09. The van der Waals surface area contributed by atoms with E-state index in [1.807, 2.05) is 32.6 Å². The molecule has 2 N–H and O–H groups in total. The first kappa shape index (κ1) is 17.4. The average Bonchev–Trinajstić information content (AvgIpc) is 2.27. The smallest absolute Gasteiger partial charge is 0.230 e. The molecular formula is C14H30N2O2. The maximum absolute atomic E-state index is 12.7. The van der Waals surface area contributed by atoms with Crippen LogP contribution in [0.1, 0.15) is 48.0 Å². The van der Waals surface area contributed by atoms with Crippen molar-refractivity contribution in [2.75, 3.05) is 20.3 Å². The third-order valence-electron chi connectivity index (χ3n) is 4.07. The predicted molar refractivity (Wildman–Crippen MR) is 75.4 cm³/mol. The number of rotatable bonds is 7. The molecule has 0 spiro atoms. The van der Waals surface area contributed by atoms with Gasteiger partial charge in [-0.05, 0) is 41.0 Å². The first-order valence-electron chi connectivity index (χ1n) is 6.68. The highest BCUT2D eigenvalue weighted by atomic mass is 16.5. The summed E-state index contributed by atoms with van der Waals surface area (Å²) in [4.78, 5) is 14.6. The van der Waals surface area contributed by atoms with Gasteiger partial charge in [0.05, 0.1) is 12.0 Å². The number of hydrogen-bond acceptors (Lipinski definition) is 3. The summed E-state index contributed by atoms with van der Waals surface area (Å²) in [7, 11) is 1.65. The number of carbonyl (C=O) groups is 1. The van der Waals surface area contributed by atoms with E-state index in [0.29, 0.717) is 13.2 Å². The highest BCUT2D eigenvalue weighted by Gasteiger charge is 2.43. The van der Waals surface area contributed by atoms with E-state index in [2.05, 4.69) is 13.8 Å². The number of amides is 1. The first-order chi connectivity index (χ1) is 8.09. The topological polar surface area (TPSA) is 55.6 Å². The molecule has 1 amide bonds. The van der Waals surface area contributed by atoms with Crippen LogP contribution in [0.5, 0.6) is 0 Å². The van der Waals surface area contributed by atoms with Gasteiger partial charge in [0.25, 0.3) is 0 Å². The van der Waals surface area contributed by atoms with Crippen LogP contribution in [-0.4, -0.2) is 42.6 Å². The minimum atomic E-state index is -0.593. The summed E-state index contributed by atoms with van der Waals surface area (Å²) in [6.07, 6.45) is 0.927. The Balaban J connectivity index is 5.06. The van der Waals surface area contributed by atoms with Gasteiger partial charge in [0.2, 0.25) is 5.91 Å². The van der Waals surface area contributed by atoms with Gasteiger partial charge in [-0.3, -0.25) is 4.79 Å². The average molecular weight is 258 g/mol. The molecule has 0 rings (SSSR count). The second kappa shape index (κ2) is 6.53. The fraction of sp³-hybridized carbons (Fsp3) is 0.929.